The molecule has 1 saturated heterocycles. The number of amides is 1. The molecule has 1 aliphatic rings. The first-order valence-electron chi connectivity index (χ1n) is 6.80. The Bertz CT molecular complexity index is 625. The molecule has 0 radical (unpaired) electrons. The highest BCUT2D eigenvalue weighted by Crippen LogP contribution is 2.42. The molecule has 5 nitrogen and oxygen atoms in total. The molecule has 2 unspecified atom stereocenters. The molecule has 2 rings (SSSR count). The molecular weight excluding hydrogens is 268 g/mol. The number of aliphatic carboxylic acids is 1. The summed E-state index contributed by atoms with van der Waals surface area (Å²) in [6.45, 7) is 5.66. The van der Waals surface area contributed by atoms with Crippen LogP contribution in [0.25, 0.3) is 0 Å². The Hall–Kier alpha value is -2.35. The summed E-state index contributed by atoms with van der Waals surface area (Å²) in [4.78, 5) is 25.4. The number of benzene rings is 1. The third kappa shape index (κ3) is 2.75. The third-order valence-corrected chi connectivity index (χ3v) is 3.72. The Morgan fingerprint density at radius 1 is 1.43 bits per heavy atom. The summed E-state index contributed by atoms with van der Waals surface area (Å²) in [6, 6.07) is 8.33. The molecule has 1 fully saturated rings. The standard InChI is InChI=1S/C16H18N2O3/c1-16(2,3)18-13(19)8-12(15(20)21)14(18)11-6-4-5-10(7-11)9-17/h4-7,12,14H,8H2,1-3H3,(H,20,21). The monoisotopic (exact) mass is 286 g/mol. The maximum Gasteiger partial charge on any atom is 0.309 e. The molecular formula is C16H18N2O3. The van der Waals surface area contributed by atoms with E-state index >= 15 is 0 Å². The smallest absolute Gasteiger partial charge is 0.309 e. The summed E-state index contributed by atoms with van der Waals surface area (Å²) in [7, 11) is 0. The zero-order valence-electron chi connectivity index (χ0n) is 12.3. The van der Waals surface area contributed by atoms with Gasteiger partial charge in [-0.05, 0) is 38.5 Å². The normalized spacial score (nSPS) is 22.2. The lowest BCUT2D eigenvalue weighted by atomic mass is 9.91. The van der Waals surface area contributed by atoms with Crippen LogP contribution in [0.3, 0.4) is 0 Å². The van der Waals surface area contributed by atoms with Gasteiger partial charge in [0.1, 0.15) is 0 Å². The second-order valence-electron chi connectivity index (χ2n) is 6.27. The number of nitriles is 1. The van der Waals surface area contributed by atoms with E-state index < -0.39 is 23.5 Å². The van der Waals surface area contributed by atoms with Crippen molar-refractivity contribution in [3.63, 3.8) is 0 Å². The number of rotatable bonds is 2. The summed E-state index contributed by atoms with van der Waals surface area (Å²) >= 11 is 0. The van der Waals surface area contributed by atoms with Crippen LogP contribution in [-0.4, -0.2) is 27.4 Å². The van der Waals surface area contributed by atoms with Crippen LogP contribution in [0, 0.1) is 17.2 Å². The average Bonchev–Trinajstić information content (AvgIpc) is 2.76. The molecule has 1 N–H and O–H groups in total. The predicted molar refractivity (Wildman–Crippen MR) is 76.2 cm³/mol. The maximum absolute atomic E-state index is 12.3. The van der Waals surface area contributed by atoms with E-state index in [1.807, 2.05) is 26.8 Å². The minimum absolute atomic E-state index is 0.00590. The largest absolute Gasteiger partial charge is 0.481 e. The first kappa shape index (κ1) is 15.0. The number of carbonyl (C=O) groups excluding carboxylic acids is 1. The topological polar surface area (TPSA) is 81.4 Å². The van der Waals surface area contributed by atoms with Crippen LogP contribution in [0.2, 0.25) is 0 Å². The van der Waals surface area contributed by atoms with Gasteiger partial charge in [-0.15, -0.1) is 0 Å². The first-order valence-corrected chi connectivity index (χ1v) is 6.80. The molecule has 0 bridgehead atoms. The summed E-state index contributed by atoms with van der Waals surface area (Å²) in [5, 5.41) is 18.4. The van der Waals surface area contributed by atoms with E-state index in [-0.39, 0.29) is 12.3 Å². The van der Waals surface area contributed by atoms with Gasteiger partial charge >= 0.3 is 5.97 Å². The van der Waals surface area contributed by atoms with Crippen LogP contribution in [0.1, 0.15) is 44.4 Å². The molecule has 21 heavy (non-hydrogen) atoms. The summed E-state index contributed by atoms with van der Waals surface area (Å²) in [6.07, 6.45) is -0.00590. The predicted octanol–water partition coefficient (Wildman–Crippen LogP) is 2.33. The Balaban J connectivity index is 2.54. The summed E-state index contributed by atoms with van der Waals surface area (Å²) < 4.78 is 0. The van der Waals surface area contributed by atoms with Gasteiger partial charge in [0.2, 0.25) is 5.91 Å². The number of carboxylic acid groups (broad SMARTS) is 1. The minimum Gasteiger partial charge on any atom is -0.481 e. The Morgan fingerprint density at radius 3 is 2.62 bits per heavy atom. The van der Waals surface area contributed by atoms with Gasteiger partial charge in [-0.3, -0.25) is 9.59 Å². The van der Waals surface area contributed by atoms with E-state index in [4.69, 9.17) is 5.26 Å². The Morgan fingerprint density at radius 2 is 2.10 bits per heavy atom. The molecule has 1 aliphatic heterocycles. The number of likely N-dealkylation sites (tertiary alicyclic amines) is 1. The van der Waals surface area contributed by atoms with Crippen molar-refractivity contribution in [3.05, 3.63) is 35.4 Å². The molecule has 1 heterocycles. The number of hydrogen-bond acceptors (Lipinski definition) is 3. The van der Waals surface area contributed by atoms with Crippen molar-refractivity contribution in [2.24, 2.45) is 5.92 Å². The van der Waals surface area contributed by atoms with Crippen LogP contribution >= 0.6 is 0 Å². The molecule has 0 saturated carbocycles. The highest BCUT2D eigenvalue weighted by Gasteiger charge is 2.48. The van der Waals surface area contributed by atoms with Crippen molar-refractivity contribution in [2.45, 2.75) is 38.8 Å². The van der Waals surface area contributed by atoms with E-state index in [0.717, 1.165) is 0 Å². The van der Waals surface area contributed by atoms with Crippen molar-refractivity contribution >= 4 is 11.9 Å². The van der Waals surface area contributed by atoms with Crippen LogP contribution < -0.4 is 0 Å². The number of carbonyl (C=O) groups is 2. The van der Waals surface area contributed by atoms with Crippen LogP contribution in [0.4, 0.5) is 0 Å². The Labute approximate surface area is 123 Å². The third-order valence-electron chi connectivity index (χ3n) is 3.72. The lowest BCUT2D eigenvalue weighted by Crippen LogP contribution is -2.44. The first-order chi connectivity index (χ1) is 9.75. The fourth-order valence-corrected chi connectivity index (χ4v) is 2.92. The second-order valence-corrected chi connectivity index (χ2v) is 6.27. The van der Waals surface area contributed by atoms with Gasteiger partial charge in [0.05, 0.1) is 23.6 Å². The van der Waals surface area contributed by atoms with Crippen molar-refractivity contribution in [1.29, 1.82) is 5.26 Å². The van der Waals surface area contributed by atoms with Crippen LogP contribution in [0.15, 0.2) is 24.3 Å². The number of nitrogens with zero attached hydrogens (tertiary/aromatic N) is 2. The van der Waals surface area contributed by atoms with Gasteiger partial charge < -0.3 is 10.0 Å². The van der Waals surface area contributed by atoms with Gasteiger partial charge in [0, 0.05) is 12.0 Å². The van der Waals surface area contributed by atoms with Gasteiger partial charge in [-0.2, -0.15) is 5.26 Å². The van der Waals surface area contributed by atoms with E-state index in [9.17, 15) is 14.7 Å². The molecule has 1 amide bonds. The van der Waals surface area contributed by atoms with E-state index in [1.54, 1.807) is 29.2 Å². The van der Waals surface area contributed by atoms with E-state index in [2.05, 4.69) is 0 Å². The Kier molecular flexibility index (Phi) is 3.73. The molecule has 0 aliphatic carbocycles. The number of carboxylic acids is 1. The fraction of sp³-hybridized carbons (Fsp3) is 0.438. The number of hydrogen-bond donors (Lipinski definition) is 1. The van der Waals surface area contributed by atoms with Gasteiger partial charge in [0.15, 0.2) is 0 Å². The highest BCUT2D eigenvalue weighted by atomic mass is 16.4. The minimum atomic E-state index is -0.984. The molecule has 1 aromatic rings. The van der Waals surface area contributed by atoms with Crippen molar-refractivity contribution in [2.75, 3.05) is 0 Å². The summed E-state index contributed by atoms with van der Waals surface area (Å²) in [5.74, 6) is -1.93. The van der Waals surface area contributed by atoms with Crippen LogP contribution in [-0.2, 0) is 9.59 Å². The zero-order chi connectivity index (χ0) is 15.8. The maximum atomic E-state index is 12.3. The van der Waals surface area contributed by atoms with Crippen molar-refractivity contribution < 1.29 is 14.7 Å². The average molecular weight is 286 g/mol. The highest BCUT2D eigenvalue weighted by molar-refractivity contribution is 5.88. The molecule has 2 atom stereocenters. The lowest BCUT2D eigenvalue weighted by Gasteiger charge is -2.38. The van der Waals surface area contributed by atoms with Crippen molar-refractivity contribution in [1.82, 2.24) is 4.90 Å². The molecule has 0 aromatic heterocycles. The van der Waals surface area contributed by atoms with Gasteiger partial charge in [-0.25, -0.2) is 0 Å². The van der Waals surface area contributed by atoms with E-state index in [1.165, 1.54) is 0 Å². The molecule has 0 spiro atoms. The second kappa shape index (κ2) is 5.21. The fourth-order valence-electron chi connectivity index (χ4n) is 2.92. The summed E-state index contributed by atoms with van der Waals surface area (Å²) in [5.41, 5.74) is 0.682. The lowest BCUT2D eigenvalue weighted by molar-refractivity contribution is -0.142. The van der Waals surface area contributed by atoms with Gasteiger partial charge in [-0.1, -0.05) is 12.1 Å². The quantitative estimate of drug-likeness (QED) is 0.904. The van der Waals surface area contributed by atoms with Crippen molar-refractivity contribution in [3.8, 4) is 6.07 Å². The van der Waals surface area contributed by atoms with Gasteiger partial charge in [0.25, 0.3) is 0 Å². The molecule has 1 aromatic carbocycles. The van der Waals surface area contributed by atoms with Crippen LogP contribution in [0.5, 0.6) is 0 Å². The molecule has 110 valence electrons. The molecule has 5 heteroatoms. The van der Waals surface area contributed by atoms with E-state index in [0.29, 0.717) is 11.1 Å². The SMILES string of the molecule is CC(C)(C)N1C(=O)CC(C(=O)O)C1c1cccc(C#N)c1. The zero-order valence-corrected chi connectivity index (χ0v) is 12.3.